The molecule has 0 saturated carbocycles. The van der Waals surface area contributed by atoms with Gasteiger partial charge in [0.15, 0.2) is 5.65 Å². The Kier molecular flexibility index (Phi) is 3.07. The first-order chi connectivity index (χ1) is 8.31. The lowest BCUT2D eigenvalue weighted by molar-refractivity contribution is -0.108. The predicted molar refractivity (Wildman–Crippen MR) is 56.8 cm³/mol. The van der Waals surface area contributed by atoms with Crippen molar-refractivity contribution >= 4 is 17.5 Å². The van der Waals surface area contributed by atoms with Gasteiger partial charge in [-0.05, 0) is 0 Å². The number of imidazole rings is 1. The molecule has 1 unspecified atom stereocenters. The first-order valence-corrected chi connectivity index (χ1v) is 4.81. The van der Waals surface area contributed by atoms with Crippen LogP contribution in [0.1, 0.15) is 11.6 Å². The van der Waals surface area contributed by atoms with E-state index < -0.39 is 5.92 Å². The largest absolute Gasteiger partial charge is 0.364 e. The molecule has 1 atom stereocenters. The van der Waals surface area contributed by atoms with E-state index in [-0.39, 0.29) is 0 Å². The number of methoxy groups -OCH3 is 1. The third-order valence-corrected chi connectivity index (χ3v) is 2.27. The zero-order valence-electron chi connectivity index (χ0n) is 9.07. The molecule has 2 rings (SSSR count). The van der Waals surface area contributed by atoms with Crippen LogP contribution in [-0.4, -0.2) is 32.9 Å². The molecule has 2 heterocycles. The van der Waals surface area contributed by atoms with E-state index in [4.69, 9.17) is 10.00 Å². The van der Waals surface area contributed by atoms with Gasteiger partial charge in [-0.2, -0.15) is 5.26 Å². The van der Waals surface area contributed by atoms with E-state index >= 15 is 0 Å². The molecule has 17 heavy (non-hydrogen) atoms. The van der Waals surface area contributed by atoms with Crippen LogP contribution in [0, 0.1) is 11.3 Å². The molecule has 0 amide bonds. The summed E-state index contributed by atoms with van der Waals surface area (Å²) in [5.74, 6) is -0.925. The van der Waals surface area contributed by atoms with Crippen molar-refractivity contribution in [2.24, 2.45) is 0 Å². The lowest BCUT2D eigenvalue weighted by Crippen LogP contribution is -2.04. The van der Waals surface area contributed by atoms with Gasteiger partial charge in [0.05, 0.1) is 18.1 Å². The fourth-order valence-corrected chi connectivity index (χ4v) is 1.52. The van der Waals surface area contributed by atoms with Crippen LogP contribution >= 0.6 is 0 Å². The highest BCUT2D eigenvalue weighted by atomic mass is 16.5. The number of rotatable bonds is 4. The van der Waals surface area contributed by atoms with Gasteiger partial charge in [0.25, 0.3) is 0 Å². The van der Waals surface area contributed by atoms with E-state index in [1.165, 1.54) is 12.7 Å². The summed E-state index contributed by atoms with van der Waals surface area (Å²) >= 11 is 0. The lowest BCUT2D eigenvalue weighted by atomic mass is 10.1. The van der Waals surface area contributed by atoms with Gasteiger partial charge in [0.2, 0.25) is 0 Å². The molecular weight excluding hydrogens is 222 g/mol. The Hall–Kier alpha value is -2.33. The van der Waals surface area contributed by atoms with Gasteiger partial charge in [-0.3, -0.25) is 4.57 Å². The Morgan fingerprint density at radius 1 is 1.59 bits per heavy atom. The van der Waals surface area contributed by atoms with Crippen LogP contribution in [-0.2, 0) is 16.3 Å². The molecule has 0 spiro atoms. The minimum absolute atomic E-state index is 0.297. The van der Waals surface area contributed by atoms with Crippen molar-refractivity contribution in [2.45, 2.75) is 12.6 Å². The summed E-state index contributed by atoms with van der Waals surface area (Å²) in [6, 6.07) is 1.86. The summed E-state index contributed by atoms with van der Waals surface area (Å²) in [4.78, 5) is 22.9. The van der Waals surface area contributed by atoms with Crippen molar-refractivity contribution in [3.8, 4) is 6.07 Å². The summed E-state index contributed by atoms with van der Waals surface area (Å²) in [5, 5.41) is 8.85. The maximum Gasteiger partial charge on any atom is 0.165 e. The summed E-state index contributed by atoms with van der Waals surface area (Å²) < 4.78 is 6.64. The monoisotopic (exact) mass is 231 g/mol. The second-order valence-electron chi connectivity index (χ2n) is 3.31. The number of fused-ring (bicyclic) bond motifs is 1. The summed E-state index contributed by atoms with van der Waals surface area (Å²) in [6.45, 7) is 0.297. The SMILES string of the molecule is COCn1cnc2c(C(C#N)C=O)ncnc21. The van der Waals surface area contributed by atoms with Crippen LogP contribution in [0.5, 0.6) is 0 Å². The summed E-state index contributed by atoms with van der Waals surface area (Å²) in [5.41, 5.74) is 1.31. The van der Waals surface area contributed by atoms with Crippen LogP contribution < -0.4 is 0 Å². The zero-order valence-corrected chi connectivity index (χ0v) is 9.07. The van der Waals surface area contributed by atoms with Gasteiger partial charge in [-0.25, -0.2) is 15.0 Å². The average Bonchev–Trinajstić information content (AvgIpc) is 2.76. The summed E-state index contributed by atoms with van der Waals surface area (Å²) in [6.07, 6.45) is 3.38. The number of aromatic nitrogens is 4. The number of nitriles is 1. The Bertz CT molecular complexity index is 586. The lowest BCUT2D eigenvalue weighted by Gasteiger charge is -2.03. The van der Waals surface area contributed by atoms with E-state index in [0.717, 1.165) is 0 Å². The molecule has 2 aromatic rings. The number of hydrogen-bond acceptors (Lipinski definition) is 6. The second kappa shape index (κ2) is 4.67. The minimum Gasteiger partial charge on any atom is -0.364 e. The molecule has 0 N–H and O–H groups in total. The van der Waals surface area contributed by atoms with E-state index in [1.807, 2.05) is 6.07 Å². The van der Waals surface area contributed by atoms with Crippen molar-refractivity contribution in [2.75, 3.05) is 7.11 Å². The summed E-state index contributed by atoms with van der Waals surface area (Å²) in [7, 11) is 1.55. The normalized spacial score (nSPS) is 12.2. The Morgan fingerprint density at radius 3 is 3.06 bits per heavy atom. The van der Waals surface area contributed by atoms with Crippen LogP contribution in [0.25, 0.3) is 11.2 Å². The molecule has 0 radical (unpaired) electrons. The molecule has 0 bridgehead atoms. The highest BCUT2D eigenvalue weighted by Gasteiger charge is 2.18. The van der Waals surface area contributed by atoms with Gasteiger partial charge in [0.1, 0.15) is 30.8 Å². The smallest absolute Gasteiger partial charge is 0.165 e. The molecular formula is C10H9N5O2. The Labute approximate surface area is 96.7 Å². The van der Waals surface area contributed by atoms with Gasteiger partial charge in [-0.1, -0.05) is 0 Å². The Morgan fingerprint density at radius 2 is 2.41 bits per heavy atom. The van der Waals surface area contributed by atoms with Crippen LogP contribution in [0.3, 0.4) is 0 Å². The van der Waals surface area contributed by atoms with Crippen molar-refractivity contribution in [3.05, 3.63) is 18.3 Å². The van der Waals surface area contributed by atoms with E-state index in [9.17, 15) is 4.79 Å². The fourth-order valence-electron chi connectivity index (χ4n) is 1.52. The van der Waals surface area contributed by atoms with Crippen molar-refractivity contribution in [1.82, 2.24) is 19.5 Å². The third kappa shape index (κ3) is 1.86. The number of nitrogens with zero attached hydrogens (tertiary/aromatic N) is 5. The molecule has 0 aliphatic carbocycles. The molecule has 7 heteroatoms. The van der Waals surface area contributed by atoms with Crippen molar-refractivity contribution < 1.29 is 9.53 Å². The average molecular weight is 231 g/mol. The second-order valence-corrected chi connectivity index (χ2v) is 3.31. The van der Waals surface area contributed by atoms with Crippen LogP contribution in [0.15, 0.2) is 12.7 Å². The Balaban J connectivity index is 2.59. The van der Waals surface area contributed by atoms with Gasteiger partial charge >= 0.3 is 0 Å². The first kappa shape index (κ1) is 11.2. The number of carbonyl (C=O) groups excluding carboxylic acids is 1. The highest BCUT2D eigenvalue weighted by Crippen LogP contribution is 2.19. The van der Waals surface area contributed by atoms with E-state index in [1.54, 1.807) is 11.7 Å². The zero-order chi connectivity index (χ0) is 12.3. The van der Waals surface area contributed by atoms with Gasteiger partial charge < -0.3 is 9.53 Å². The van der Waals surface area contributed by atoms with Gasteiger partial charge in [0, 0.05) is 7.11 Å². The molecule has 2 aromatic heterocycles. The van der Waals surface area contributed by atoms with E-state index in [0.29, 0.717) is 29.9 Å². The molecule has 0 aromatic carbocycles. The maximum absolute atomic E-state index is 10.8. The molecule has 0 aliphatic heterocycles. The standard InChI is InChI=1S/C10H9N5O2/c1-17-6-15-5-14-9-8(7(2-11)3-16)12-4-13-10(9)15/h3-5,7H,6H2,1H3. The fraction of sp³-hybridized carbons (Fsp3) is 0.300. The number of carbonyl (C=O) groups is 1. The maximum atomic E-state index is 10.8. The number of aldehydes is 1. The van der Waals surface area contributed by atoms with Crippen molar-refractivity contribution in [3.63, 3.8) is 0 Å². The molecule has 86 valence electrons. The molecule has 7 nitrogen and oxygen atoms in total. The molecule has 0 saturated heterocycles. The highest BCUT2D eigenvalue weighted by molar-refractivity contribution is 5.79. The number of hydrogen-bond donors (Lipinski definition) is 0. The predicted octanol–water partition coefficient (Wildman–Crippen LogP) is 0.236. The molecule has 0 fully saturated rings. The number of ether oxygens (including phenoxy) is 1. The quantitative estimate of drug-likeness (QED) is 0.699. The van der Waals surface area contributed by atoms with Crippen molar-refractivity contribution in [1.29, 1.82) is 5.26 Å². The minimum atomic E-state index is -0.925. The molecule has 0 aliphatic rings. The third-order valence-electron chi connectivity index (χ3n) is 2.27. The van der Waals surface area contributed by atoms with Gasteiger partial charge in [-0.15, -0.1) is 0 Å². The van der Waals surface area contributed by atoms with Crippen LogP contribution in [0.2, 0.25) is 0 Å². The van der Waals surface area contributed by atoms with Crippen LogP contribution in [0.4, 0.5) is 0 Å². The first-order valence-electron chi connectivity index (χ1n) is 4.81. The topological polar surface area (TPSA) is 93.7 Å². The van der Waals surface area contributed by atoms with E-state index in [2.05, 4.69) is 15.0 Å².